The topological polar surface area (TPSA) is 67.2 Å². The van der Waals surface area contributed by atoms with Crippen molar-refractivity contribution in [2.45, 2.75) is 38.9 Å². The number of carbonyl (C=O) groups is 1. The molecule has 1 amide bonds. The maximum atomic E-state index is 13.4. The Kier molecular flexibility index (Phi) is 6.14. The summed E-state index contributed by atoms with van der Waals surface area (Å²) in [4.78, 5) is 26.8. The first kappa shape index (κ1) is 22.1. The summed E-state index contributed by atoms with van der Waals surface area (Å²) in [6.45, 7) is 4.74. The maximum Gasteiger partial charge on any atom is 0.274 e. The molecule has 0 bridgehead atoms. The van der Waals surface area contributed by atoms with E-state index in [0.29, 0.717) is 12.2 Å². The molecular formula is C27H28N6OS. The average molecular weight is 485 g/mol. The minimum atomic E-state index is 0.0784. The Balaban J connectivity index is 1.25. The monoisotopic (exact) mass is 484 g/mol. The molecule has 0 unspecified atom stereocenters. The van der Waals surface area contributed by atoms with Gasteiger partial charge < -0.3 is 4.90 Å². The number of likely N-dealkylation sites (tertiary alicyclic amines) is 1. The van der Waals surface area contributed by atoms with Gasteiger partial charge in [0.25, 0.3) is 5.91 Å². The fourth-order valence-corrected chi connectivity index (χ4v) is 5.88. The highest BCUT2D eigenvalue weighted by Gasteiger charge is 2.31. The summed E-state index contributed by atoms with van der Waals surface area (Å²) in [5.41, 5.74) is 6.21. The van der Waals surface area contributed by atoms with Crippen molar-refractivity contribution in [3.05, 3.63) is 87.8 Å². The molecule has 0 spiro atoms. The molecule has 1 aromatic carbocycles. The number of carbonyl (C=O) groups excluding carboxylic acids is 1. The van der Waals surface area contributed by atoms with Crippen molar-refractivity contribution in [1.82, 2.24) is 29.5 Å². The molecule has 0 radical (unpaired) electrons. The highest BCUT2D eigenvalue weighted by Crippen LogP contribution is 2.28. The molecule has 35 heavy (non-hydrogen) atoms. The third kappa shape index (κ3) is 4.63. The van der Waals surface area contributed by atoms with Gasteiger partial charge in [0.1, 0.15) is 5.01 Å². The molecule has 0 N–H and O–H groups in total. The number of aromatic nitrogens is 4. The van der Waals surface area contributed by atoms with Gasteiger partial charge in [-0.05, 0) is 30.5 Å². The van der Waals surface area contributed by atoms with Crippen LogP contribution in [0.1, 0.15) is 45.2 Å². The lowest BCUT2D eigenvalue weighted by atomic mass is 10.0. The molecule has 2 aliphatic heterocycles. The summed E-state index contributed by atoms with van der Waals surface area (Å²) in [5, 5.41) is 8.12. The highest BCUT2D eigenvalue weighted by molar-refractivity contribution is 7.09. The van der Waals surface area contributed by atoms with Crippen LogP contribution in [0.2, 0.25) is 0 Å². The Bertz CT molecular complexity index is 1310. The zero-order chi connectivity index (χ0) is 23.6. The summed E-state index contributed by atoms with van der Waals surface area (Å²) >= 11 is 1.70. The van der Waals surface area contributed by atoms with E-state index < -0.39 is 0 Å². The quantitative estimate of drug-likeness (QED) is 0.409. The fourth-order valence-electron chi connectivity index (χ4n) is 5.03. The molecular weight excluding hydrogens is 456 g/mol. The highest BCUT2D eigenvalue weighted by atomic mass is 32.1. The number of benzene rings is 1. The number of thiazole rings is 1. The second-order valence-corrected chi connectivity index (χ2v) is 10.2. The Morgan fingerprint density at radius 1 is 0.971 bits per heavy atom. The molecule has 6 rings (SSSR count). The molecule has 0 atom stereocenters. The van der Waals surface area contributed by atoms with Crippen molar-refractivity contribution >= 4 is 17.2 Å². The van der Waals surface area contributed by atoms with Gasteiger partial charge in [0.05, 0.1) is 18.8 Å². The predicted octanol–water partition coefficient (Wildman–Crippen LogP) is 4.24. The van der Waals surface area contributed by atoms with E-state index in [9.17, 15) is 4.79 Å². The molecule has 4 aromatic rings. The number of amides is 1. The van der Waals surface area contributed by atoms with Gasteiger partial charge in [-0.15, -0.1) is 11.3 Å². The predicted molar refractivity (Wildman–Crippen MR) is 136 cm³/mol. The Labute approximate surface area is 209 Å². The molecule has 3 aromatic heterocycles. The average Bonchev–Trinajstić information content (AvgIpc) is 3.66. The number of hydrogen-bond acceptors (Lipinski definition) is 6. The first-order valence-corrected chi connectivity index (χ1v) is 13.1. The van der Waals surface area contributed by atoms with E-state index in [-0.39, 0.29) is 5.91 Å². The number of pyridine rings is 1. The molecule has 1 fully saturated rings. The van der Waals surface area contributed by atoms with Crippen LogP contribution in [-0.4, -0.2) is 55.1 Å². The number of nitrogens with zero attached hydrogens (tertiary/aromatic N) is 6. The second-order valence-electron chi connectivity index (χ2n) is 9.24. The summed E-state index contributed by atoms with van der Waals surface area (Å²) in [6, 6.07) is 14.3. The van der Waals surface area contributed by atoms with Crippen molar-refractivity contribution in [2.75, 3.05) is 19.6 Å². The van der Waals surface area contributed by atoms with Gasteiger partial charge in [-0.1, -0.05) is 30.3 Å². The molecule has 0 saturated carbocycles. The van der Waals surface area contributed by atoms with Crippen LogP contribution in [0.25, 0.3) is 11.3 Å². The van der Waals surface area contributed by atoms with Crippen LogP contribution in [0.3, 0.4) is 0 Å². The lowest BCUT2D eigenvalue weighted by Crippen LogP contribution is -2.33. The van der Waals surface area contributed by atoms with E-state index in [0.717, 1.165) is 79.4 Å². The van der Waals surface area contributed by atoms with Crippen LogP contribution in [-0.2, 0) is 26.1 Å². The van der Waals surface area contributed by atoms with E-state index in [1.54, 1.807) is 23.7 Å². The van der Waals surface area contributed by atoms with E-state index >= 15 is 0 Å². The van der Waals surface area contributed by atoms with Crippen LogP contribution in [0.5, 0.6) is 0 Å². The molecule has 7 nitrogen and oxygen atoms in total. The first-order chi connectivity index (χ1) is 17.2. The van der Waals surface area contributed by atoms with Gasteiger partial charge in [-0.2, -0.15) is 5.10 Å². The van der Waals surface area contributed by atoms with E-state index in [1.165, 1.54) is 5.69 Å². The maximum absolute atomic E-state index is 13.4. The smallest absolute Gasteiger partial charge is 0.274 e. The van der Waals surface area contributed by atoms with Crippen molar-refractivity contribution in [1.29, 1.82) is 0 Å². The lowest BCUT2D eigenvalue weighted by molar-refractivity contribution is 0.0783. The largest absolute Gasteiger partial charge is 0.337 e. The lowest BCUT2D eigenvalue weighted by Gasteiger charge is -2.27. The standard InChI is InChI=1S/C27H28N6OS/c34-27(32-13-4-5-14-32)26-22-17-31(18-25-29-23(19-35-25)21-6-2-1-3-7-21)15-10-24(22)33(30-26)16-20-8-11-28-12-9-20/h1-3,6-9,11-12,19H,4-5,10,13-18H2. The second kappa shape index (κ2) is 9.71. The Morgan fingerprint density at radius 2 is 1.77 bits per heavy atom. The minimum Gasteiger partial charge on any atom is -0.337 e. The van der Waals surface area contributed by atoms with Gasteiger partial charge in [-0.25, -0.2) is 4.98 Å². The zero-order valence-corrected chi connectivity index (χ0v) is 20.5. The van der Waals surface area contributed by atoms with Crippen molar-refractivity contribution in [2.24, 2.45) is 0 Å². The molecule has 0 aliphatic carbocycles. The van der Waals surface area contributed by atoms with E-state index in [1.807, 2.05) is 39.9 Å². The molecule has 5 heterocycles. The Morgan fingerprint density at radius 3 is 2.57 bits per heavy atom. The summed E-state index contributed by atoms with van der Waals surface area (Å²) in [7, 11) is 0. The van der Waals surface area contributed by atoms with Gasteiger partial charge in [0.15, 0.2) is 5.69 Å². The van der Waals surface area contributed by atoms with Crippen molar-refractivity contribution in [3.63, 3.8) is 0 Å². The van der Waals surface area contributed by atoms with Crippen LogP contribution in [0.15, 0.2) is 60.2 Å². The van der Waals surface area contributed by atoms with Crippen molar-refractivity contribution in [3.8, 4) is 11.3 Å². The van der Waals surface area contributed by atoms with Gasteiger partial charge in [0, 0.05) is 67.2 Å². The van der Waals surface area contributed by atoms with E-state index in [4.69, 9.17) is 10.1 Å². The van der Waals surface area contributed by atoms with E-state index in [2.05, 4.69) is 27.4 Å². The van der Waals surface area contributed by atoms with Crippen LogP contribution >= 0.6 is 11.3 Å². The minimum absolute atomic E-state index is 0.0784. The van der Waals surface area contributed by atoms with Crippen LogP contribution < -0.4 is 0 Å². The molecule has 8 heteroatoms. The van der Waals surface area contributed by atoms with Crippen LogP contribution in [0.4, 0.5) is 0 Å². The third-order valence-corrected chi connectivity index (χ3v) is 7.70. The fraction of sp³-hybridized carbons (Fsp3) is 0.333. The summed E-state index contributed by atoms with van der Waals surface area (Å²) in [6.07, 6.45) is 6.64. The number of hydrogen-bond donors (Lipinski definition) is 0. The molecule has 1 saturated heterocycles. The first-order valence-electron chi connectivity index (χ1n) is 12.2. The Hall–Kier alpha value is -3.36. The number of rotatable bonds is 6. The molecule has 2 aliphatic rings. The zero-order valence-electron chi connectivity index (χ0n) is 19.6. The van der Waals surface area contributed by atoms with Gasteiger partial charge in [0.2, 0.25) is 0 Å². The normalized spacial score (nSPS) is 15.9. The molecule has 178 valence electrons. The van der Waals surface area contributed by atoms with Gasteiger partial charge >= 0.3 is 0 Å². The third-order valence-electron chi connectivity index (χ3n) is 6.87. The SMILES string of the molecule is O=C(c1nn(Cc2ccncc2)c2c1CN(Cc1nc(-c3ccccc3)cs1)CC2)N1CCCC1. The summed E-state index contributed by atoms with van der Waals surface area (Å²) < 4.78 is 2.04. The van der Waals surface area contributed by atoms with Gasteiger partial charge in [-0.3, -0.25) is 19.4 Å². The summed E-state index contributed by atoms with van der Waals surface area (Å²) in [5.74, 6) is 0.0784. The van der Waals surface area contributed by atoms with Crippen LogP contribution in [0, 0.1) is 0 Å². The van der Waals surface area contributed by atoms with Crippen molar-refractivity contribution < 1.29 is 4.79 Å². The number of fused-ring (bicyclic) bond motifs is 1.